The van der Waals surface area contributed by atoms with Crippen LogP contribution in [-0.4, -0.2) is 20.9 Å². The molecule has 11 heteroatoms. The van der Waals surface area contributed by atoms with E-state index in [-0.39, 0.29) is 27.2 Å². The molecular formula is C18H12ClF2NO6S. The minimum atomic E-state index is -4.28. The minimum Gasteiger partial charge on any atom is -0.459 e. The average molecular weight is 444 g/mol. The molecule has 0 unspecified atom stereocenters. The highest BCUT2D eigenvalue weighted by atomic mass is 35.5. The molecule has 0 fully saturated rings. The van der Waals surface area contributed by atoms with Crippen LogP contribution in [0.3, 0.4) is 0 Å². The minimum absolute atomic E-state index is 0.0370. The maximum absolute atomic E-state index is 12.4. The van der Waals surface area contributed by atoms with Gasteiger partial charge in [-0.1, -0.05) is 11.6 Å². The van der Waals surface area contributed by atoms with Gasteiger partial charge >= 0.3 is 16.7 Å². The molecule has 0 bridgehead atoms. The third-order valence-electron chi connectivity index (χ3n) is 3.47. The van der Waals surface area contributed by atoms with Gasteiger partial charge in [-0.3, -0.25) is 4.79 Å². The van der Waals surface area contributed by atoms with Crippen molar-refractivity contribution >= 4 is 33.3 Å². The molecule has 0 aliphatic carbocycles. The number of hydrogen-bond donors (Lipinski definition) is 1. The SMILES string of the molecule is O=C(Nc1ccc(OS(=O)(=O)c2ccc(OC(F)F)c(Cl)c2)cc1)c1ccco1. The smallest absolute Gasteiger partial charge is 0.387 e. The number of halogens is 3. The van der Waals surface area contributed by atoms with Gasteiger partial charge in [0, 0.05) is 5.69 Å². The molecule has 1 N–H and O–H groups in total. The predicted octanol–water partition coefficient (Wildman–Crippen LogP) is 4.55. The second-order valence-corrected chi connectivity index (χ2v) is 7.42. The van der Waals surface area contributed by atoms with E-state index >= 15 is 0 Å². The van der Waals surface area contributed by atoms with Crippen LogP contribution in [-0.2, 0) is 10.1 Å². The highest BCUT2D eigenvalue weighted by Crippen LogP contribution is 2.30. The van der Waals surface area contributed by atoms with Gasteiger partial charge in [-0.15, -0.1) is 0 Å². The topological polar surface area (TPSA) is 94.8 Å². The van der Waals surface area contributed by atoms with E-state index in [0.717, 1.165) is 18.2 Å². The van der Waals surface area contributed by atoms with Gasteiger partial charge in [-0.25, -0.2) is 0 Å². The first-order chi connectivity index (χ1) is 13.7. The number of ether oxygens (including phenoxy) is 1. The predicted molar refractivity (Wildman–Crippen MR) is 99.0 cm³/mol. The van der Waals surface area contributed by atoms with Crippen LogP contribution in [0.15, 0.2) is 70.2 Å². The highest BCUT2D eigenvalue weighted by molar-refractivity contribution is 7.87. The molecule has 29 heavy (non-hydrogen) atoms. The molecule has 1 heterocycles. The van der Waals surface area contributed by atoms with E-state index < -0.39 is 22.6 Å². The number of anilines is 1. The van der Waals surface area contributed by atoms with Crippen molar-refractivity contribution in [3.63, 3.8) is 0 Å². The second kappa shape index (κ2) is 8.50. The summed E-state index contributed by atoms with van der Waals surface area (Å²) in [5.74, 6) is -0.761. The highest BCUT2D eigenvalue weighted by Gasteiger charge is 2.20. The third kappa shape index (κ3) is 5.24. The fraction of sp³-hybridized carbons (Fsp3) is 0.0556. The number of furan rings is 1. The lowest BCUT2D eigenvalue weighted by Gasteiger charge is -2.10. The van der Waals surface area contributed by atoms with Crippen molar-refractivity contribution in [2.75, 3.05) is 5.32 Å². The van der Waals surface area contributed by atoms with Crippen molar-refractivity contribution in [2.45, 2.75) is 11.5 Å². The van der Waals surface area contributed by atoms with Crippen LogP contribution < -0.4 is 14.2 Å². The Morgan fingerprint density at radius 1 is 1.10 bits per heavy atom. The summed E-state index contributed by atoms with van der Waals surface area (Å²) in [6.07, 6.45) is 1.36. The maximum Gasteiger partial charge on any atom is 0.387 e. The fourth-order valence-electron chi connectivity index (χ4n) is 2.20. The first-order valence-electron chi connectivity index (χ1n) is 7.88. The summed E-state index contributed by atoms with van der Waals surface area (Å²) in [5, 5.41) is 2.25. The summed E-state index contributed by atoms with van der Waals surface area (Å²) in [6.45, 7) is -3.10. The largest absolute Gasteiger partial charge is 0.459 e. The van der Waals surface area contributed by atoms with Crippen molar-refractivity contribution in [1.82, 2.24) is 0 Å². The Morgan fingerprint density at radius 3 is 2.41 bits per heavy atom. The fourth-order valence-corrected chi connectivity index (χ4v) is 3.45. The third-order valence-corrected chi connectivity index (χ3v) is 5.01. The van der Waals surface area contributed by atoms with E-state index in [1.54, 1.807) is 6.07 Å². The monoisotopic (exact) mass is 443 g/mol. The molecule has 0 radical (unpaired) electrons. The molecule has 3 aromatic rings. The van der Waals surface area contributed by atoms with E-state index in [1.807, 2.05) is 0 Å². The molecule has 1 amide bonds. The van der Waals surface area contributed by atoms with Gasteiger partial charge in [0.05, 0.1) is 11.3 Å². The summed E-state index contributed by atoms with van der Waals surface area (Å²) < 4.78 is 63.3. The van der Waals surface area contributed by atoms with Crippen LogP contribution >= 0.6 is 11.6 Å². The van der Waals surface area contributed by atoms with Crippen LogP contribution in [0.25, 0.3) is 0 Å². The Kier molecular flexibility index (Phi) is 6.04. The van der Waals surface area contributed by atoms with Gasteiger partial charge < -0.3 is 18.7 Å². The number of benzene rings is 2. The van der Waals surface area contributed by atoms with E-state index in [0.29, 0.717) is 5.69 Å². The summed E-state index contributed by atoms with van der Waals surface area (Å²) >= 11 is 5.77. The van der Waals surface area contributed by atoms with E-state index in [4.69, 9.17) is 20.2 Å². The molecule has 0 aliphatic heterocycles. The zero-order chi connectivity index (χ0) is 21.0. The Hall–Kier alpha value is -3.11. The summed E-state index contributed by atoms with van der Waals surface area (Å²) in [6, 6.07) is 11.5. The normalized spacial score (nSPS) is 11.3. The van der Waals surface area contributed by atoms with Gasteiger partial charge in [-0.2, -0.15) is 17.2 Å². The van der Waals surface area contributed by atoms with Crippen molar-refractivity contribution in [3.05, 3.63) is 71.6 Å². The lowest BCUT2D eigenvalue weighted by atomic mass is 10.3. The lowest BCUT2D eigenvalue weighted by molar-refractivity contribution is -0.0498. The standard InChI is InChI=1S/C18H12ClF2NO6S/c19-14-10-13(7-8-15(14)27-18(20)21)29(24,25)28-12-5-3-11(4-6-12)22-17(23)16-2-1-9-26-16/h1-10,18H,(H,22,23). The Balaban J connectivity index is 1.70. The van der Waals surface area contributed by atoms with Crippen molar-refractivity contribution in [1.29, 1.82) is 0 Å². The molecule has 0 saturated carbocycles. The van der Waals surface area contributed by atoms with Crippen LogP contribution in [0.2, 0.25) is 5.02 Å². The van der Waals surface area contributed by atoms with E-state index in [1.165, 1.54) is 36.6 Å². The molecular weight excluding hydrogens is 432 g/mol. The number of carbonyl (C=O) groups is 1. The van der Waals surface area contributed by atoms with Gasteiger partial charge in [0.1, 0.15) is 16.4 Å². The molecule has 152 valence electrons. The van der Waals surface area contributed by atoms with Crippen LogP contribution in [0, 0.1) is 0 Å². The first-order valence-corrected chi connectivity index (χ1v) is 9.67. The molecule has 0 spiro atoms. The average Bonchev–Trinajstić information content (AvgIpc) is 3.19. The number of carbonyl (C=O) groups excluding carboxylic acids is 1. The Morgan fingerprint density at radius 2 is 1.83 bits per heavy atom. The van der Waals surface area contributed by atoms with Crippen molar-refractivity contribution < 1.29 is 35.3 Å². The molecule has 0 saturated heterocycles. The number of alkyl halides is 2. The molecule has 0 atom stereocenters. The van der Waals surface area contributed by atoms with Gasteiger partial charge in [0.15, 0.2) is 5.76 Å². The zero-order valence-electron chi connectivity index (χ0n) is 14.3. The molecule has 1 aromatic heterocycles. The molecule has 2 aromatic carbocycles. The number of hydrogen-bond acceptors (Lipinski definition) is 6. The number of nitrogens with one attached hydrogen (secondary N) is 1. The second-order valence-electron chi connectivity index (χ2n) is 5.46. The van der Waals surface area contributed by atoms with Gasteiger partial charge in [0.25, 0.3) is 5.91 Å². The molecule has 3 rings (SSSR count). The summed E-state index contributed by atoms with van der Waals surface area (Å²) in [7, 11) is -4.28. The quantitative estimate of drug-likeness (QED) is 0.538. The number of amides is 1. The van der Waals surface area contributed by atoms with E-state index in [9.17, 15) is 22.0 Å². The number of rotatable bonds is 7. The Labute approximate surface area is 168 Å². The van der Waals surface area contributed by atoms with Gasteiger partial charge in [0.2, 0.25) is 0 Å². The zero-order valence-corrected chi connectivity index (χ0v) is 15.9. The lowest BCUT2D eigenvalue weighted by Crippen LogP contribution is -2.12. The molecule has 0 aliphatic rings. The van der Waals surface area contributed by atoms with Gasteiger partial charge in [-0.05, 0) is 54.6 Å². The van der Waals surface area contributed by atoms with Crippen LogP contribution in [0.5, 0.6) is 11.5 Å². The molecule has 7 nitrogen and oxygen atoms in total. The Bertz CT molecular complexity index is 1100. The maximum atomic E-state index is 12.4. The summed E-state index contributed by atoms with van der Waals surface area (Å²) in [4.78, 5) is 11.6. The van der Waals surface area contributed by atoms with E-state index in [2.05, 4.69) is 10.1 Å². The van der Waals surface area contributed by atoms with Crippen molar-refractivity contribution in [3.8, 4) is 11.5 Å². The first kappa shape index (κ1) is 20.6. The summed E-state index contributed by atoms with van der Waals surface area (Å²) in [5.41, 5.74) is 0.382. The van der Waals surface area contributed by atoms with Crippen LogP contribution in [0.4, 0.5) is 14.5 Å². The van der Waals surface area contributed by atoms with Crippen molar-refractivity contribution in [2.24, 2.45) is 0 Å². The van der Waals surface area contributed by atoms with Crippen LogP contribution in [0.1, 0.15) is 10.6 Å².